The molecule has 2 fully saturated rings. The first-order valence-electron chi connectivity index (χ1n) is 9.41. The van der Waals surface area contributed by atoms with Crippen LogP contribution >= 0.6 is 0 Å². The molecular weight excluding hydrogens is 368 g/mol. The maximum atomic E-state index is 12.5. The molecule has 2 aliphatic rings. The number of ether oxygens (including phenoxy) is 3. The summed E-state index contributed by atoms with van der Waals surface area (Å²) in [6.07, 6.45) is 6.33. The third kappa shape index (κ3) is 4.90. The molecule has 0 spiro atoms. The fourth-order valence-electron chi connectivity index (χ4n) is 3.54. The van der Waals surface area contributed by atoms with Gasteiger partial charge in [0.05, 0.1) is 12.0 Å². The molecule has 1 aromatic rings. The molecule has 9 heteroatoms. The number of methoxy groups -OCH3 is 1. The Bertz CT molecular complexity index is 742. The molecule has 0 N–H and O–H groups in total. The normalized spacial score (nSPS) is 16.5. The third-order valence-corrected chi connectivity index (χ3v) is 5.01. The number of nitro groups is 1. The lowest BCUT2D eigenvalue weighted by molar-refractivity contribution is -0.385. The summed E-state index contributed by atoms with van der Waals surface area (Å²) in [7, 11) is 1.31. The van der Waals surface area contributed by atoms with E-state index < -0.39 is 17.5 Å². The predicted octanol–water partition coefficient (Wildman–Crippen LogP) is 2.46. The minimum Gasteiger partial charge on any atom is -0.490 e. The zero-order valence-electron chi connectivity index (χ0n) is 15.8. The monoisotopic (exact) mass is 392 g/mol. The SMILES string of the molecule is COc1cc(OCC(=O)OCC(=O)N(C2CCCC2)C2CC2)ccc1[N+](=O)[O-]. The van der Waals surface area contributed by atoms with Gasteiger partial charge in [0.1, 0.15) is 5.75 Å². The summed E-state index contributed by atoms with van der Waals surface area (Å²) in [6.45, 7) is -0.695. The molecule has 0 aliphatic heterocycles. The van der Waals surface area contributed by atoms with Gasteiger partial charge in [-0.1, -0.05) is 12.8 Å². The zero-order valence-corrected chi connectivity index (χ0v) is 15.8. The summed E-state index contributed by atoms with van der Waals surface area (Å²) in [5.74, 6) is -0.563. The fraction of sp³-hybridized carbons (Fsp3) is 0.579. The van der Waals surface area contributed by atoms with Gasteiger partial charge in [0.25, 0.3) is 5.91 Å². The molecule has 0 heterocycles. The molecule has 152 valence electrons. The van der Waals surface area contributed by atoms with Gasteiger partial charge in [-0.2, -0.15) is 0 Å². The van der Waals surface area contributed by atoms with Gasteiger partial charge in [-0.15, -0.1) is 0 Å². The first-order chi connectivity index (χ1) is 13.5. The molecule has 0 saturated heterocycles. The summed E-state index contributed by atoms with van der Waals surface area (Å²) in [5, 5.41) is 10.9. The van der Waals surface area contributed by atoms with Crippen LogP contribution in [0.2, 0.25) is 0 Å². The van der Waals surface area contributed by atoms with Gasteiger partial charge in [-0.25, -0.2) is 4.79 Å². The summed E-state index contributed by atoms with van der Waals surface area (Å²) in [5.41, 5.74) is -0.199. The Labute approximate surface area is 162 Å². The summed E-state index contributed by atoms with van der Waals surface area (Å²) in [6, 6.07) is 4.48. The van der Waals surface area contributed by atoms with Crippen LogP contribution in [0.1, 0.15) is 38.5 Å². The average Bonchev–Trinajstić information content (AvgIpc) is 3.37. The highest BCUT2D eigenvalue weighted by Gasteiger charge is 2.38. The van der Waals surface area contributed by atoms with E-state index in [0.29, 0.717) is 0 Å². The highest BCUT2D eigenvalue weighted by Crippen LogP contribution is 2.34. The average molecular weight is 392 g/mol. The Balaban J connectivity index is 1.47. The molecule has 2 saturated carbocycles. The minimum atomic E-state index is -0.673. The van der Waals surface area contributed by atoms with Crippen LogP contribution < -0.4 is 9.47 Å². The molecule has 1 amide bonds. The van der Waals surface area contributed by atoms with Crippen LogP contribution in [0.15, 0.2) is 18.2 Å². The topological polar surface area (TPSA) is 108 Å². The maximum absolute atomic E-state index is 12.5. The largest absolute Gasteiger partial charge is 0.490 e. The van der Waals surface area contributed by atoms with E-state index in [1.165, 1.54) is 25.3 Å². The van der Waals surface area contributed by atoms with Crippen molar-refractivity contribution in [3.05, 3.63) is 28.3 Å². The Morgan fingerprint density at radius 1 is 1.14 bits per heavy atom. The van der Waals surface area contributed by atoms with Gasteiger partial charge < -0.3 is 19.1 Å². The number of carbonyl (C=O) groups excluding carboxylic acids is 2. The van der Waals surface area contributed by atoms with E-state index >= 15 is 0 Å². The molecule has 0 aromatic heterocycles. The summed E-state index contributed by atoms with van der Waals surface area (Å²) >= 11 is 0. The molecule has 28 heavy (non-hydrogen) atoms. The van der Waals surface area contributed by atoms with Crippen molar-refractivity contribution >= 4 is 17.6 Å². The second kappa shape index (κ2) is 8.90. The second-order valence-corrected chi connectivity index (χ2v) is 7.01. The lowest BCUT2D eigenvalue weighted by Gasteiger charge is -2.28. The molecule has 0 unspecified atom stereocenters. The lowest BCUT2D eigenvalue weighted by Crippen LogP contribution is -2.43. The standard InChI is InChI=1S/C19H24N2O7/c1-26-17-10-15(8-9-16(17)21(24)25)27-12-19(23)28-11-18(22)20(14-6-7-14)13-4-2-3-5-13/h8-10,13-14H,2-7,11-12H2,1H3. The van der Waals surface area contributed by atoms with E-state index in [9.17, 15) is 19.7 Å². The third-order valence-electron chi connectivity index (χ3n) is 5.01. The highest BCUT2D eigenvalue weighted by atomic mass is 16.6. The van der Waals surface area contributed by atoms with Crippen molar-refractivity contribution in [2.45, 2.75) is 50.6 Å². The first-order valence-corrected chi connectivity index (χ1v) is 9.41. The number of hydrogen-bond donors (Lipinski definition) is 0. The Morgan fingerprint density at radius 2 is 1.82 bits per heavy atom. The van der Waals surface area contributed by atoms with Crippen molar-refractivity contribution in [1.82, 2.24) is 4.90 Å². The highest BCUT2D eigenvalue weighted by molar-refractivity contribution is 5.81. The number of nitro benzene ring substituents is 1. The number of carbonyl (C=O) groups is 2. The van der Waals surface area contributed by atoms with Crippen molar-refractivity contribution in [2.24, 2.45) is 0 Å². The molecule has 9 nitrogen and oxygen atoms in total. The van der Waals surface area contributed by atoms with Crippen LogP contribution in [0.3, 0.4) is 0 Å². The van der Waals surface area contributed by atoms with Gasteiger partial charge in [0, 0.05) is 24.2 Å². The van der Waals surface area contributed by atoms with Gasteiger partial charge in [-0.05, 0) is 31.7 Å². The quantitative estimate of drug-likeness (QED) is 0.361. The van der Waals surface area contributed by atoms with Gasteiger partial charge in [0.15, 0.2) is 13.2 Å². The predicted molar refractivity (Wildman–Crippen MR) is 98.2 cm³/mol. The number of esters is 1. The van der Waals surface area contributed by atoms with Crippen LogP contribution in [0.4, 0.5) is 5.69 Å². The Morgan fingerprint density at radius 3 is 2.43 bits per heavy atom. The van der Waals surface area contributed by atoms with Gasteiger partial charge >= 0.3 is 11.7 Å². The van der Waals surface area contributed by atoms with Gasteiger partial charge in [-0.3, -0.25) is 14.9 Å². The molecule has 3 rings (SSSR count). The van der Waals surface area contributed by atoms with E-state index in [0.717, 1.165) is 38.5 Å². The molecule has 0 bridgehead atoms. The number of benzene rings is 1. The zero-order chi connectivity index (χ0) is 20.1. The second-order valence-electron chi connectivity index (χ2n) is 7.01. The molecular formula is C19H24N2O7. The van der Waals surface area contributed by atoms with Crippen molar-refractivity contribution in [3.8, 4) is 11.5 Å². The smallest absolute Gasteiger partial charge is 0.344 e. The number of hydrogen-bond acceptors (Lipinski definition) is 7. The van der Waals surface area contributed by atoms with E-state index in [2.05, 4.69) is 0 Å². The number of amides is 1. The molecule has 1 aromatic carbocycles. The van der Waals surface area contributed by atoms with Crippen molar-refractivity contribution in [3.63, 3.8) is 0 Å². The van der Waals surface area contributed by atoms with Crippen LogP contribution in [-0.2, 0) is 14.3 Å². The molecule has 2 aliphatic carbocycles. The van der Waals surface area contributed by atoms with E-state index in [4.69, 9.17) is 14.2 Å². The lowest BCUT2D eigenvalue weighted by atomic mass is 10.2. The van der Waals surface area contributed by atoms with Crippen molar-refractivity contribution < 1.29 is 28.7 Å². The van der Waals surface area contributed by atoms with Crippen molar-refractivity contribution in [2.75, 3.05) is 20.3 Å². The Hall–Kier alpha value is -2.84. The summed E-state index contributed by atoms with van der Waals surface area (Å²) in [4.78, 5) is 36.6. The van der Waals surface area contributed by atoms with Crippen LogP contribution in [0.25, 0.3) is 0 Å². The van der Waals surface area contributed by atoms with Crippen LogP contribution in [-0.4, -0.2) is 54.1 Å². The van der Waals surface area contributed by atoms with Gasteiger partial charge in [0.2, 0.25) is 5.75 Å². The van der Waals surface area contributed by atoms with Crippen LogP contribution in [0, 0.1) is 10.1 Å². The van der Waals surface area contributed by atoms with E-state index in [1.807, 2.05) is 4.90 Å². The minimum absolute atomic E-state index is 0.0303. The van der Waals surface area contributed by atoms with Crippen molar-refractivity contribution in [1.29, 1.82) is 0 Å². The maximum Gasteiger partial charge on any atom is 0.344 e. The molecule has 0 radical (unpaired) electrons. The van der Waals surface area contributed by atoms with Crippen LogP contribution in [0.5, 0.6) is 11.5 Å². The molecule has 0 atom stereocenters. The summed E-state index contributed by atoms with van der Waals surface area (Å²) < 4.78 is 15.3. The fourth-order valence-corrected chi connectivity index (χ4v) is 3.54. The number of nitrogens with zero attached hydrogens (tertiary/aromatic N) is 2. The van der Waals surface area contributed by atoms with E-state index in [-0.39, 0.29) is 41.8 Å². The first kappa shape index (κ1) is 19.9. The number of rotatable bonds is 9. The Kier molecular flexibility index (Phi) is 6.33. The van der Waals surface area contributed by atoms with E-state index in [1.54, 1.807) is 0 Å².